The molecule has 3 rings (SSSR count). The Morgan fingerprint density at radius 1 is 1.19 bits per heavy atom. The first-order valence-corrected chi connectivity index (χ1v) is 8.42. The Bertz CT molecular complexity index is 455. The van der Waals surface area contributed by atoms with Crippen molar-refractivity contribution in [1.82, 2.24) is 25.8 Å². The second kappa shape index (κ2) is 6.05. The molecule has 0 radical (unpaired) electrons. The normalized spacial score (nSPS) is 30.1. The van der Waals surface area contributed by atoms with E-state index < -0.39 is 0 Å². The van der Waals surface area contributed by atoms with Gasteiger partial charge in [0.05, 0.1) is 6.54 Å². The van der Waals surface area contributed by atoms with Crippen molar-refractivity contribution in [1.29, 1.82) is 0 Å². The SMILES string of the molecule is CC(C)(C)c1n[nH]c(CNC2CCCC2C2CCCN2)n1. The summed E-state index contributed by atoms with van der Waals surface area (Å²) in [6.07, 6.45) is 6.69. The van der Waals surface area contributed by atoms with E-state index >= 15 is 0 Å². The van der Waals surface area contributed by atoms with Crippen molar-refractivity contribution >= 4 is 0 Å². The van der Waals surface area contributed by atoms with Crippen LogP contribution in [-0.4, -0.2) is 33.8 Å². The topological polar surface area (TPSA) is 65.6 Å². The third kappa shape index (κ3) is 3.46. The number of nitrogens with one attached hydrogen (secondary N) is 3. The molecule has 5 nitrogen and oxygen atoms in total. The molecule has 5 heteroatoms. The highest BCUT2D eigenvalue weighted by Crippen LogP contribution is 2.32. The summed E-state index contributed by atoms with van der Waals surface area (Å²) in [7, 11) is 0. The number of H-pyrrole nitrogens is 1. The van der Waals surface area contributed by atoms with E-state index in [0.717, 1.165) is 30.2 Å². The van der Waals surface area contributed by atoms with E-state index in [0.29, 0.717) is 6.04 Å². The molecule has 3 atom stereocenters. The van der Waals surface area contributed by atoms with E-state index in [4.69, 9.17) is 0 Å². The molecule has 0 bridgehead atoms. The summed E-state index contributed by atoms with van der Waals surface area (Å²) in [5.74, 6) is 2.65. The van der Waals surface area contributed by atoms with E-state index in [1.54, 1.807) is 0 Å². The largest absolute Gasteiger partial charge is 0.314 e. The zero-order valence-corrected chi connectivity index (χ0v) is 13.6. The van der Waals surface area contributed by atoms with Gasteiger partial charge in [0.2, 0.25) is 0 Å². The van der Waals surface area contributed by atoms with Crippen molar-refractivity contribution in [3.63, 3.8) is 0 Å². The minimum Gasteiger partial charge on any atom is -0.314 e. The highest BCUT2D eigenvalue weighted by atomic mass is 15.2. The van der Waals surface area contributed by atoms with Crippen LogP contribution in [-0.2, 0) is 12.0 Å². The number of nitrogens with zero attached hydrogens (tertiary/aromatic N) is 2. The van der Waals surface area contributed by atoms with Gasteiger partial charge in [-0.1, -0.05) is 27.2 Å². The van der Waals surface area contributed by atoms with Gasteiger partial charge in [0.25, 0.3) is 0 Å². The van der Waals surface area contributed by atoms with Gasteiger partial charge in [0.1, 0.15) is 5.82 Å². The molecule has 1 aromatic rings. The summed E-state index contributed by atoms with van der Waals surface area (Å²) in [6, 6.07) is 1.36. The first-order valence-electron chi connectivity index (χ1n) is 8.42. The lowest BCUT2D eigenvalue weighted by molar-refractivity contribution is 0.318. The Morgan fingerprint density at radius 3 is 2.71 bits per heavy atom. The summed E-state index contributed by atoms with van der Waals surface area (Å²) in [6.45, 7) is 8.44. The maximum Gasteiger partial charge on any atom is 0.156 e. The maximum atomic E-state index is 4.62. The zero-order chi connectivity index (χ0) is 14.9. The van der Waals surface area contributed by atoms with E-state index in [-0.39, 0.29) is 5.41 Å². The van der Waals surface area contributed by atoms with Crippen molar-refractivity contribution in [2.45, 2.75) is 76.9 Å². The second-order valence-electron chi connectivity index (χ2n) is 7.64. The first-order chi connectivity index (χ1) is 10.0. The van der Waals surface area contributed by atoms with Crippen LogP contribution < -0.4 is 10.6 Å². The third-order valence-electron chi connectivity index (χ3n) is 4.92. The monoisotopic (exact) mass is 291 g/mol. The standard InChI is InChI=1S/C16H29N5/c1-16(2,3)15-19-14(20-21-15)10-18-13-7-4-6-11(13)12-8-5-9-17-12/h11-13,17-18H,4-10H2,1-3H3,(H,19,20,21). The number of aromatic nitrogens is 3. The summed E-state index contributed by atoms with van der Waals surface area (Å²) >= 11 is 0. The van der Waals surface area contributed by atoms with Gasteiger partial charge in [-0.3, -0.25) is 5.10 Å². The number of hydrogen-bond donors (Lipinski definition) is 3. The number of hydrogen-bond acceptors (Lipinski definition) is 4. The van der Waals surface area contributed by atoms with Gasteiger partial charge in [-0.25, -0.2) is 4.98 Å². The molecular weight excluding hydrogens is 262 g/mol. The zero-order valence-electron chi connectivity index (χ0n) is 13.6. The van der Waals surface area contributed by atoms with Crippen LogP contribution in [0.15, 0.2) is 0 Å². The average molecular weight is 291 g/mol. The predicted octanol–water partition coefficient (Wildman–Crippen LogP) is 2.11. The maximum absolute atomic E-state index is 4.62. The van der Waals surface area contributed by atoms with Crippen LogP contribution in [0.5, 0.6) is 0 Å². The molecule has 0 spiro atoms. The Morgan fingerprint density at radius 2 is 2.05 bits per heavy atom. The van der Waals surface area contributed by atoms with Crippen LogP contribution >= 0.6 is 0 Å². The molecule has 2 fully saturated rings. The van der Waals surface area contributed by atoms with Gasteiger partial charge in [-0.05, 0) is 38.1 Å². The van der Waals surface area contributed by atoms with Crippen molar-refractivity contribution in [2.24, 2.45) is 5.92 Å². The van der Waals surface area contributed by atoms with Crippen LogP contribution in [0.4, 0.5) is 0 Å². The summed E-state index contributed by atoms with van der Waals surface area (Å²) in [4.78, 5) is 4.62. The molecule has 118 valence electrons. The summed E-state index contributed by atoms with van der Waals surface area (Å²) in [5, 5.41) is 14.8. The highest BCUT2D eigenvalue weighted by molar-refractivity contribution is 5.02. The lowest BCUT2D eigenvalue weighted by Crippen LogP contribution is -2.41. The molecule has 1 aromatic heterocycles. The fourth-order valence-electron chi connectivity index (χ4n) is 3.74. The molecular formula is C16H29N5. The third-order valence-corrected chi connectivity index (χ3v) is 4.92. The lowest BCUT2D eigenvalue weighted by Gasteiger charge is -2.26. The van der Waals surface area contributed by atoms with Gasteiger partial charge in [0, 0.05) is 17.5 Å². The Kier molecular flexibility index (Phi) is 4.31. The Hall–Kier alpha value is -0.940. The van der Waals surface area contributed by atoms with Crippen LogP contribution in [0, 0.1) is 5.92 Å². The van der Waals surface area contributed by atoms with Gasteiger partial charge in [-0.2, -0.15) is 5.10 Å². The smallest absolute Gasteiger partial charge is 0.156 e. The molecule has 21 heavy (non-hydrogen) atoms. The van der Waals surface area contributed by atoms with Crippen molar-refractivity contribution in [3.05, 3.63) is 11.6 Å². The number of rotatable bonds is 4. The molecule has 3 unspecified atom stereocenters. The highest BCUT2D eigenvalue weighted by Gasteiger charge is 2.34. The molecule has 2 heterocycles. The Labute approximate surface area is 127 Å². The molecule has 0 aromatic carbocycles. The lowest BCUT2D eigenvalue weighted by atomic mass is 9.93. The van der Waals surface area contributed by atoms with Gasteiger partial charge in [-0.15, -0.1) is 0 Å². The molecule has 1 saturated carbocycles. The van der Waals surface area contributed by atoms with Crippen molar-refractivity contribution in [3.8, 4) is 0 Å². The molecule has 2 aliphatic rings. The van der Waals surface area contributed by atoms with Crippen molar-refractivity contribution < 1.29 is 0 Å². The average Bonchev–Trinajstić information content (AvgIpc) is 3.16. The Balaban J connectivity index is 1.55. The second-order valence-corrected chi connectivity index (χ2v) is 7.64. The predicted molar refractivity (Wildman–Crippen MR) is 84.1 cm³/mol. The summed E-state index contributed by atoms with van der Waals surface area (Å²) < 4.78 is 0. The molecule has 1 aliphatic carbocycles. The fourth-order valence-corrected chi connectivity index (χ4v) is 3.74. The van der Waals surface area contributed by atoms with E-state index in [1.165, 1.54) is 38.6 Å². The van der Waals surface area contributed by atoms with Gasteiger partial charge >= 0.3 is 0 Å². The number of aromatic amines is 1. The fraction of sp³-hybridized carbons (Fsp3) is 0.875. The van der Waals surface area contributed by atoms with Crippen LogP contribution in [0.25, 0.3) is 0 Å². The van der Waals surface area contributed by atoms with Crippen LogP contribution in [0.2, 0.25) is 0 Å². The van der Waals surface area contributed by atoms with Gasteiger partial charge in [0.15, 0.2) is 5.82 Å². The minimum atomic E-state index is 0.0123. The first kappa shape index (κ1) is 15.0. The van der Waals surface area contributed by atoms with E-state index in [1.807, 2.05) is 0 Å². The van der Waals surface area contributed by atoms with E-state index in [2.05, 4.69) is 46.6 Å². The molecule has 0 amide bonds. The summed E-state index contributed by atoms with van der Waals surface area (Å²) in [5.41, 5.74) is 0.0123. The quantitative estimate of drug-likeness (QED) is 0.795. The molecule has 1 aliphatic heterocycles. The molecule has 3 N–H and O–H groups in total. The van der Waals surface area contributed by atoms with Gasteiger partial charge < -0.3 is 10.6 Å². The van der Waals surface area contributed by atoms with Crippen LogP contribution in [0.3, 0.4) is 0 Å². The van der Waals surface area contributed by atoms with E-state index in [9.17, 15) is 0 Å². The van der Waals surface area contributed by atoms with Crippen LogP contribution in [0.1, 0.15) is 64.5 Å². The minimum absolute atomic E-state index is 0.0123. The molecule has 1 saturated heterocycles. The van der Waals surface area contributed by atoms with Crippen molar-refractivity contribution in [2.75, 3.05) is 6.54 Å².